The van der Waals surface area contributed by atoms with E-state index in [-0.39, 0.29) is 11.4 Å². The van der Waals surface area contributed by atoms with E-state index in [1.54, 1.807) is 0 Å². The Morgan fingerprint density at radius 1 is 1.29 bits per heavy atom. The molecule has 3 heteroatoms. The standard InChI is InChI=1S/C14H20ClNO/c1-10(2)11-5-7-12(8-6-11)13(17)16-14(3,4)9-15/h5-8,10H,9H2,1-4H3,(H,16,17). The number of carbonyl (C=O) groups excluding carboxylic acids is 1. The largest absolute Gasteiger partial charge is 0.346 e. The quantitative estimate of drug-likeness (QED) is 0.817. The highest BCUT2D eigenvalue weighted by atomic mass is 35.5. The van der Waals surface area contributed by atoms with E-state index in [9.17, 15) is 4.79 Å². The number of hydrogen-bond donors (Lipinski definition) is 1. The highest BCUT2D eigenvalue weighted by Gasteiger charge is 2.19. The molecule has 0 spiro atoms. The molecule has 0 heterocycles. The molecule has 0 bridgehead atoms. The fourth-order valence-corrected chi connectivity index (χ4v) is 1.50. The van der Waals surface area contributed by atoms with Crippen LogP contribution in [0.1, 0.15) is 49.5 Å². The van der Waals surface area contributed by atoms with Gasteiger partial charge in [-0.25, -0.2) is 0 Å². The van der Waals surface area contributed by atoms with E-state index < -0.39 is 0 Å². The Labute approximate surface area is 108 Å². The summed E-state index contributed by atoms with van der Waals surface area (Å²) < 4.78 is 0. The summed E-state index contributed by atoms with van der Waals surface area (Å²) in [6.45, 7) is 8.07. The molecule has 0 unspecified atom stereocenters. The number of hydrogen-bond acceptors (Lipinski definition) is 1. The monoisotopic (exact) mass is 253 g/mol. The number of alkyl halides is 1. The molecular formula is C14H20ClNO. The van der Waals surface area contributed by atoms with Crippen LogP contribution >= 0.6 is 11.6 Å². The van der Waals surface area contributed by atoms with E-state index in [1.807, 2.05) is 38.1 Å². The molecule has 0 aliphatic rings. The molecule has 17 heavy (non-hydrogen) atoms. The molecule has 0 atom stereocenters. The van der Waals surface area contributed by atoms with Crippen molar-refractivity contribution in [3.05, 3.63) is 35.4 Å². The van der Waals surface area contributed by atoms with Gasteiger partial charge >= 0.3 is 0 Å². The smallest absolute Gasteiger partial charge is 0.251 e. The summed E-state index contributed by atoms with van der Waals surface area (Å²) in [6, 6.07) is 7.70. The van der Waals surface area contributed by atoms with Crippen molar-refractivity contribution < 1.29 is 4.79 Å². The van der Waals surface area contributed by atoms with Gasteiger partial charge in [0, 0.05) is 17.0 Å². The Bertz CT molecular complexity index is 382. The molecule has 0 radical (unpaired) electrons. The molecular weight excluding hydrogens is 234 g/mol. The predicted octanol–water partition coefficient (Wildman–Crippen LogP) is 3.56. The fourth-order valence-electron chi connectivity index (χ4n) is 1.43. The second-order valence-corrected chi connectivity index (χ2v) is 5.52. The minimum atomic E-state index is -0.380. The minimum absolute atomic E-state index is 0.0778. The minimum Gasteiger partial charge on any atom is -0.346 e. The highest BCUT2D eigenvalue weighted by Crippen LogP contribution is 2.15. The molecule has 1 aromatic rings. The first-order valence-electron chi connectivity index (χ1n) is 5.84. The summed E-state index contributed by atoms with van der Waals surface area (Å²) in [5, 5.41) is 2.90. The van der Waals surface area contributed by atoms with Crippen molar-refractivity contribution in [1.82, 2.24) is 5.32 Å². The number of carbonyl (C=O) groups is 1. The van der Waals surface area contributed by atoms with Gasteiger partial charge in [0.1, 0.15) is 0 Å². The average molecular weight is 254 g/mol. The van der Waals surface area contributed by atoms with Crippen LogP contribution in [-0.2, 0) is 0 Å². The summed E-state index contributed by atoms with van der Waals surface area (Å²) in [5.41, 5.74) is 1.53. The fraction of sp³-hybridized carbons (Fsp3) is 0.500. The maximum Gasteiger partial charge on any atom is 0.251 e. The molecule has 1 aromatic carbocycles. The van der Waals surface area contributed by atoms with Gasteiger partial charge in [0.25, 0.3) is 5.91 Å². The van der Waals surface area contributed by atoms with Crippen molar-refractivity contribution in [2.24, 2.45) is 0 Å². The van der Waals surface area contributed by atoms with Crippen molar-refractivity contribution in [3.63, 3.8) is 0 Å². The van der Waals surface area contributed by atoms with Crippen LogP contribution in [0.4, 0.5) is 0 Å². The zero-order chi connectivity index (χ0) is 13.1. The lowest BCUT2D eigenvalue weighted by Crippen LogP contribution is -2.44. The van der Waals surface area contributed by atoms with Gasteiger partial charge in [0.2, 0.25) is 0 Å². The third-order valence-corrected chi connectivity index (χ3v) is 3.29. The van der Waals surface area contributed by atoms with Crippen molar-refractivity contribution >= 4 is 17.5 Å². The van der Waals surface area contributed by atoms with Crippen molar-refractivity contribution in [2.75, 3.05) is 5.88 Å². The first kappa shape index (κ1) is 14.0. The van der Waals surface area contributed by atoms with E-state index in [0.29, 0.717) is 17.4 Å². The van der Waals surface area contributed by atoms with E-state index in [2.05, 4.69) is 19.2 Å². The molecule has 1 N–H and O–H groups in total. The maximum atomic E-state index is 11.9. The Morgan fingerprint density at radius 2 is 1.82 bits per heavy atom. The van der Waals surface area contributed by atoms with E-state index in [4.69, 9.17) is 11.6 Å². The van der Waals surface area contributed by atoms with Gasteiger partial charge in [-0.15, -0.1) is 11.6 Å². The van der Waals surface area contributed by atoms with Gasteiger partial charge in [-0.3, -0.25) is 4.79 Å². The SMILES string of the molecule is CC(C)c1ccc(C(=O)NC(C)(C)CCl)cc1. The van der Waals surface area contributed by atoms with Crippen LogP contribution in [0, 0.1) is 0 Å². The summed E-state index contributed by atoms with van der Waals surface area (Å²) in [5.74, 6) is 0.792. The first-order chi connectivity index (χ1) is 7.85. The predicted molar refractivity (Wildman–Crippen MR) is 72.8 cm³/mol. The molecule has 0 saturated carbocycles. The second kappa shape index (κ2) is 5.54. The maximum absolute atomic E-state index is 11.9. The Hall–Kier alpha value is -1.02. The van der Waals surface area contributed by atoms with E-state index >= 15 is 0 Å². The molecule has 0 aliphatic heterocycles. The number of halogens is 1. The van der Waals surface area contributed by atoms with E-state index in [1.165, 1.54) is 5.56 Å². The van der Waals surface area contributed by atoms with Gasteiger partial charge in [-0.1, -0.05) is 26.0 Å². The lowest BCUT2D eigenvalue weighted by atomic mass is 10.0. The lowest BCUT2D eigenvalue weighted by Gasteiger charge is -2.23. The molecule has 0 saturated heterocycles. The normalized spacial score (nSPS) is 11.6. The third-order valence-electron chi connectivity index (χ3n) is 2.63. The topological polar surface area (TPSA) is 29.1 Å². The molecule has 2 nitrogen and oxygen atoms in total. The highest BCUT2D eigenvalue weighted by molar-refractivity contribution is 6.18. The molecule has 0 aromatic heterocycles. The third kappa shape index (κ3) is 4.04. The Balaban J connectivity index is 2.77. The molecule has 1 rings (SSSR count). The average Bonchev–Trinajstić information content (AvgIpc) is 2.28. The van der Waals surface area contributed by atoms with Crippen LogP contribution in [0.25, 0.3) is 0 Å². The zero-order valence-corrected chi connectivity index (χ0v) is 11.6. The summed E-state index contributed by atoms with van der Waals surface area (Å²) in [4.78, 5) is 11.9. The van der Waals surface area contributed by atoms with Gasteiger partial charge in [-0.2, -0.15) is 0 Å². The van der Waals surface area contributed by atoms with Crippen molar-refractivity contribution in [3.8, 4) is 0 Å². The van der Waals surface area contributed by atoms with Crippen LogP contribution < -0.4 is 5.32 Å². The number of nitrogens with one attached hydrogen (secondary N) is 1. The molecule has 0 aliphatic carbocycles. The van der Waals surface area contributed by atoms with Crippen molar-refractivity contribution in [1.29, 1.82) is 0 Å². The summed E-state index contributed by atoms with van der Waals surface area (Å²) >= 11 is 5.78. The van der Waals surface area contributed by atoms with Crippen LogP contribution in [0.3, 0.4) is 0 Å². The number of rotatable bonds is 4. The van der Waals surface area contributed by atoms with Crippen LogP contribution in [0.15, 0.2) is 24.3 Å². The Kier molecular flexibility index (Phi) is 4.58. The molecule has 0 fully saturated rings. The number of benzene rings is 1. The van der Waals surface area contributed by atoms with Crippen LogP contribution in [0.5, 0.6) is 0 Å². The van der Waals surface area contributed by atoms with Crippen LogP contribution in [0.2, 0.25) is 0 Å². The number of amides is 1. The van der Waals surface area contributed by atoms with E-state index in [0.717, 1.165) is 0 Å². The van der Waals surface area contributed by atoms with Crippen LogP contribution in [-0.4, -0.2) is 17.3 Å². The van der Waals surface area contributed by atoms with Gasteiger partial charge in [0.05, 0.1) is 0 Å². The summed E-state index contributed by atoms with van der Waals surface area (Å²) in [6.07, 6.45) is 0. The van der Waals surface area contributed by atoms with Gasteiger partial charge in [-0.05, 0) is 37.5 Å². The first-order valence-corrected chi connectivity index (χ1v) is 6.37. The van der Waals surface area contributed by atoms with Crippen molar-refractivity contribution in [2.45, 2.75) is 39.2 Å². The molecule has 1 amide bonds. The lowest BCUT2D eigenvalue weighted by molar-refractivity contribution is 0.0920. The molecule has 94 valence electrons. The Morgan fingerprint density at radius 3 is 2.24 bits per heavy atom. The zero-order valence-electron chi connectivity index (χ0n) is 10.9. The second-order valence-electron chi connectivity index (χ2n) is 5.25. The van der Waals surface area contributed by atoms with Gasteiger partial charge in [0.15, 0.2) is 0 Å². The van der Waals surface area contributed by atoms with Gasteiger partial charge < -0.3 is 5.32 Å². The summed E-state index contributed by atoms with van der Waals surface area (Å²) in [7, 11) is 0.